The summed E-state index contributed by atoms with van der Waals surface area (Å²) < 4.78 is 5.58. The van der Waals surface area contributed by atoms with Crippen LogP contribution in [0.1, 0.15) is 11.1 Å². The average Bonchev–Trinajstić information content (AvgIpc) is 2.48. The molecule has 3 nitrogen and oxygen atoms in total. The maximum Gasteiger partial charge on any atom is 0.255 e. The maximum atomic E-state index is 12.3. The van der Waals surface area contributed by atoms with Gasteiger partial charge in [-0.25, -0.2) is 0 Å². The fraction of sp³-hybridized carbons (Fsp3) is 0.118. The van der Waals surface area contributed by atoms with Gasteiger partial charge >= 0.3 is 0 Å². The van der Waals surface area contributed by atoms with E-state index in [1.165, 1.54) is 0 Å². The lowest BCUT2D eigenvalue weighted by Gasteiger charge is -2.17. The van der Waals surface area contributed by atoms with Gasteiger partial charge in [-0.3, -0.25) is 4.79 Å². The van der Waals surface area contributed by atoms with E-state index in [-0.39, 0.29) is 12.5 Å². The van der Waals surface area contributed by atoms with Crippen molar-refractivity contribution in [3.63, 3.8) is 0 Å². The molecule has 0 bridgehead atoms. The SMILES string of the molecule is Cc1ccc(NC(=O)C2=Cc3cc(Cl)ccc3OC2)cc1. The van der Waals surface area contributed by atoms with Crippen LogP contribution >= 0.6 is 11.6 Å². The molecule has 0 aliphatic carbocycles. The molecule has 3 rings (SSSR count). The van der Waals surface area contributed by atoms with E-state index in [1.807, 2.05) is 43.3 Å². The van der Waals surface area contributed by atoms with E-state index in [1.54, 1.807) is 12.1 Å². The molecule has 1 aliphatic heterocycles. The molecule has 0 aromatic heterocycles. The fourth-order valence-corrected chi connectivity index (χ4v) is 2.31. The number of rotatable bonds is 2. The number of halogens is 1. The van der Waals surface area contributed by atoms with Crippen molar-refractivity contribution in [3.05, 3.63) is 64.2 Å². The highest BCUT2D eigenvalue weighted by Gasteiger charge is 2.17. The highest BCUT2D eigenvalue weighted by molar-refractivity contribution is 6.30. The van der Waals surface area contributed by atoms with Crippen LogP contribution < -0.4 is 10.1 Å². The molecular formula is C17H14ClNO2. The van der Waals surface area contributed by atoms with E-state index in [2.05, 4.69) is 5.32 Å². The molecule has 1 N–H and O–H groups in total. The van der Waals surface area contributed by atoms with Gasteiger partial charge in [0.15, 0.2) is 0 Å². The van der Waals surface area contributed by atoms with Gasteiger partial charge in [0, 0.05) is 16.3 Å². The second-order valence-corrected chi connectivity index (χ2v) is 5.40. The summed E-state index contributed by atoms with van der Waals surface area (Å²) in [6.45, 7) is 2.26. The minimum absolute atomic E-state index is 0.163. The Morgan fingerprint density at radius 1 is 1.19 bits per heavy atom. The summed E-state index contributed by atoms with van der Waals surface area (Å²) in [6.07, 6.45) is 1.81. The Balaban J connectivity index is 1.81. The third-order valence-corrected chi connectivity index (χ3v) is 3.52. The van der Waals surface area contributed by atoms with Crippen molar-refractivity contribution in [2.24, 2.45) is 0 Å². The van der Waals surface area contributed by atoms with E-state index in [4.69, 9.17) is 16.3 Å². The van der Waals surface area contributed by atoms with E-state index >= 15 is 0 Å². The Kier molecular flexibility index (Phi) is 3.67. The molecule has 0 fully saturated rings. The summed E-state index contributed by atoms with van der Waals surface area (Å²) in [7, 11) is 0. The molecule has 0 radical (unpaired) electrons. The largest absolute Gasteiger partial charge is 0.488 e. The number of hydrogen-bond donors (Lipinski definition) is 1. The van der Waals surface area contributed by atoms with Gasteiger partial charge in [0.1, 0.15) is 12.4 Å². The zero-order valence-corrected chi connectivity index (χ0v) is 12.3. The molecule has 1 aliphatic rings. The smallest absolute Gasteiger partial charge is 0.255 e. The molecular weight excluding hydrogens is 286 g/mol. The third-order valence-electron chi connectivity index (χ3n) is 3.29. The molecule has 0 spiro atoms. The van der Waals surface area contributed by atoms with Gasteiger partial charge in [-0.1, -0.05) is 29.3 Å². The Morgan fingerprint density at radius 3 is 2.71 bits per heavy atom. The van der Waals surface area contributed by atoms with Crippen molar-refractivity contribution in [1.82, 2.24) is 0 Å². The third kappa shape index (κ3) is 3.09. The molecule has 2 aromatic carbocycles. The summed E-state index contributed by atoms with van der Waals surface area (Å²) in [6, 6.07) is 13.0. The average molecular weight is 300 g/mol. The first-order valence-corrected chi connectivity index (χ1v) is 7.00. The maximum absolute atomic E-state index is 12.3. The molecule has 1 amide bonds. The summed E-state index contributed by atoms with van der Waals surface area (Å²) >= 11 is 5.96. The predicted octanol–water partition coefficient (Wildman–Crippen LogP) is 4.06. The number of benzene rings is 2. The minimum Gasteiger partial charge on any atom is -0.488 e. The van der Waals surface area contributed by atoms with Gasteiger partial charge in [-0.15, -0.1) is 0 Å². The summed E-state index contributed by atoms with van der Waals surface area (Å²) in [5.41, 5.74) is 3.31. The van der Waals surface area contributed by atoms with Crippen LogP contribution in [0.2, 0.25) is 5.02 Å². The second-order valence-electron chi connectivity index (χ2n) is 4.96. The Bertz CT molecular complexity index is 720. The molecule has 0 saturated heterocycles. The fourth-order valence-electron chi connectivity index (χ4n) is 2.13. The van der Waals surface area contributed by atoms with E-state index in [0.717, 1.165) is 22.6 Å². The van der Waals surface area contributed by atoms with Gasteiger partial charge in [0.25, 0.3) is 5.91 Å². The van der Waals surface area contributed by atoms with Crippen LogP contribution in [0.4, 0.5) is 5.69 Å². The standard InChI is InChI=1S/C17H14ClNO2/c1-11-2-5-15(6-3-11)19-17(20)13-8-12-9-14(18)4-7-16(12)21-10-13/h2-9H,10H2,1H3,(H,19,20). The van der Waals surface area contributed by atoms with Crippen LogP contribution in [-0.4, -0.2) is 12.5 Å². The van der Waals surface area contributed by atoms with Gasteiger partial charge in [-0.2, -0.15) is 0 Å². The monoisotopic (exact) mass is 299 g/mol. The zero-order chi connectivity index (χ0) is 14.8. The number of hydrogen-bond acceptors (Lipinski definition) is 2. The number of aryl methyl sites for hydroxylation is 1. The van der Waals surface area contributed by atoms with Crippen molar-refractivity contribution in [2.45, 2.75) is 6.92 Å². The van der Waals surface area contributed by atoms with Gasteiger partial charge in [-0.05, 0) is 43.3 Å². The van der Waals surface area contributed by atoms with E-state index in [0.29, 0.717) is 10.6 Å². The van der Waals surface area contributed by atoms with Gasteiger partial charge in [0.2, 0.25) is 0 Å². The Labute approximate surface area is 128 Å². The molecule has 4 heteroatoms. The summed E-state index contributed by atoms with van der Waals surface area (Å²) in [5, 5.41) is 3.48. The normalized spacial score (nSPS) is 13.0. The van der Waals surface area contributed by atoms with Crippen molar-refractivity contribution in [3.8, 4) is 5.75 Å². The van der Waals surface area contributed by atoms with Crippen LogP contribution in [0.3, 0.4) is 0 Å². The van der Waals surface area contributed by atoms with Crippen molar-refractivity contribution < 1.29 is 9.53 Å². The van der Waals surface area contributed by atoms with Crippen molar-refractivity contribution in [1.29, 1.82) is 0 Å². The quantitative estimate of drug-likeness (QED) is 0.908. The van der Waals surface area contributed by atoms with E-state index in [9.17, 15) is 4.79 Å². The molecule has 1 heterocycles. The predicted molar refractivity (Wildman–Crippen MR) is 84.7 cm³/mol. The van der Waals surface area contributed by atoms with Crippen LogP contribution in [0.15, 0.2) is 48.0 Å². The first-order valence-electron chi connectivity index (χ1n) is 6.63. The number of anilines is 1. The first-order chi connectivity index (χ1) is 10.1. The lowest BCUT2D eigenvalue weighted by atomic mass is 10.1. The van der Waals surface area contributed by atoms with Crippen LogP contribution in [0.25, 0.3) is 6.08 Å². The number of amides is 1. The molecule has 0 atom stereocenters. The Hall–Kier alpha value is -2.26. The van der Waals surface area contributed by atoms with Crippen molar-refractivity contribution >= 4 is 29.3 Å². The summed E-state index contributed by atoms with van der Waals surface area (Å²) in [5.74, 6) is 0.579. The number of carbonyl (C=O) groups is 1. The lowest BCUT2D eigenvalue weighted by Crippen LogP contribution is -2.21. The van der Waals surface area contributed by atoms with Crippen LogP contribution in [-0.2, 0) is 4.79 Å². The molecule has 106 valence electrons. The van der Waals surface area contributed by atoms with Crippen LogP contribution in [0, 0.1) is 6.92 Å². The topological polar surface area (TPSA) is 38.3 Å². The molecule has 2 aromatic rings. The highest BCUT2D eigenvalue weighted by Crippen LogP contribution is 2.29. The second kappa shape index (κ2) is 5.62. The number of ether oxygens (including phenoxy) is 1. The number of carbonyl (C=O) groups excluding carboxylic acids is 1. The number of fused-ring (bicyclic) bond motifs is 1. The molecule has 0 unspecified atom stereocenters. The first kappa shape index (κ1) is 13.7. The molecule has 21 heavy (non-hydrogen) atoms. The van der Waals surface area contributed by atoms with Crippen molar-refractivity contribution in [2.75, 3.05) is 11.9 Å². The number of nitrogens with one attached hydrogen (secondary N) is 1. The summed E-state index contributed by atoms with van der Waals surface area (Å²) in [4.78, 5) is 12.3. The van der Waals surface area contributed by atoms with Gasteiger partial charge in [0.05, 0.1) is 5.57 Å². The lowest BCUT2D eigenvalue weighted by molar-refractivity contribution is -0.113. The van der Waals surface area contributed by atoms with Crippen LogP contribution in [0.5, 0.6) is 5.75 Å². The van der Waals surface area contributed by atoms with Gasteiger partial charge < -0.3 is 10.1 Å². The zero-order valence-electron chi connectivity index (χ0n) is 11.5. The minimum atomic E-state index is -0.163. The molecule has 0 saturated carbocycles. The Morgan fingerprint density at radius 2 is 1.95 bits per heavy atom. The highest BCUT2D eigenvalue weighted by atomic mass is 35.5. The van der Waals surface area contributed by atoms with E-state index < -0.39 is 0 Å².